The molecule has 0 saturated heterocycles. The van der Waals surface area contributed by atoms with Gasteiger partial charge in [0.1, 0.15) is 0 Å². The molecule has 0 aliphatic heterocycles. The van der Waals surface area contributed by atoms with Crippen molar-refractivity contribution in [2.24, 2.45) is 11.8 Å². The molecule has 2 unspecified atom stereocenters. The SMILES string of the molecule is CC1CCCC(O)C1.CCCCCCCCOC(=O)NN. The van der Waals surface area contributed by atoms with E-state index in [0.29, 0.717) is 6.61 Å². The van der Waals surface area contributed by atoms with Crippen LogP contribution >= 0.6 is 0 Å². The molecule has 1 aliphatic rings. The molecule has 0 heterocycles. The first-order valence-corrected chi connectivity index (χ1v) is 8.41. The Bertz CT molecular complexity index is 242. The quantitative estimate of drug-likeness (QED) is 0.291. The van der Waals surface area contributed by atoms with Gasteiger partial charge < -0.3 is 9.84 Å². The molecule has 5 nitrogen and oxygen atoms in total. The Hall–Kier alpha value is -0.810. The summed E-state index contributed by atoms with van der Waals surface area (Å²) in [5, 5.41) is 9.08. The molecule has 1 saturated carbocycles. The lowest BCUT2D eigenvalue weighted by atomic mass is 9.89. The molecule has 21 heavy (non-hydrogen) atoms. The van der Waals surface area contributed by atoms with Gasteiger partial charge in [-0.15, -0.1) is 0 Å². The van der Waals surface area contributed by atoms with Gasteiger partial charge in [0, 0.05) is 0 Å². The van der Waals surface area contributed by atoms with Crippen LogP contribution in [-0.4, -0.2) is 23.9 Å². The number of hydrogen-bond donors (Lipinski definition) is 3. The van der Waals surface area contributed by atoms with Crippen molar-refractivity contribution < 1.29 is 14.6 Å². The largest absolute Gasteiger partial charge is 0.449 e. The monoisotopic (exact) mass is 302 g/mol. The van der Waals surface area contributed by atoms with Crippen LogP contribution < -0.4 is 11.3 Å². The molecule has 5 heteroatoms. The normalized spacial score (nSPS) is 21.1. The third kappa shape index (κ3) is 13.9. The Kier molecular flexibility index (Phi) is 13.6. The van der Waals surface area contributed by atoms with E-state index in [0.717, 1.165) is 31.6 Å². The average molecular weight is 302 g/mol. The number of aliphatic hydroxyl groups is 1. The Balaban J connectivity index is 0.000000423. The van der Waals surface area contributed by atoms with Crippen LogP contribution in [0.2, 0.25) is 0 Å². The van der Waals surface area contributed by atoms with Crippen molar-refractivity contribution in [1.29, 1.82) is 0 Å². The van der Waals surface area contributed by atoms with Gasteiger partial charge in [0.2, 0.25) is 0 Å². The third-order valence-electron chi connectivity index (χ3n) is 3.76. The molecule has 2 atom stereocenters. The highest BCUT2D eigenvalue weighted by atomic mass is 16.5. The Morgan fingerprint density at radius 1 is 1.24 bits per heavy atom. The average Bonchev–Trinajstić information content (AvgIpc) is 2.46. The van der Waals surface area contributed by atoms with Gasteiger partial charge in [-0.3, -0.25) is 5.43 Å². The smallest absolute Gasteiger partial charge is 0.421 e. The topological polar surface area (TPSA) is 84.6 Å². The van der Waals surface area contributed by atoms with Crippen LogP contribution in [0.1, 0.15) is 78.1 Å². The number of carbonyl (C=O) groups is 1. The van der Waals surface area contributed by atoms with Gasteiger partial charge in [-0.2, -0.15) is 0 Å². The van der Waals surface area contributed by atoms with Gasteiger partial charge in [0.05, 0.1) is 12.7 Å². The van der Waals surface area contributed by atoms with Crippen LogP contribution in [0.25, 0.3) is 0 Å². The first-order chi connectivity index (χ1) is 10.1. The second-order valence-corrected chi connectivity index (χ2v) is 5.97. The van der Waals surface area contributed by atoms with Crippen molar-refractivity contribution >= 4 is 6.09 Å². The van der Waals surface area contributed by atoms with E-state index in [4.69, 9.17) is 15.7 Å². The third-order valence-corrected chi connectivity index (χ3v) is 3.76. The highest BCUT2D eigenvalue weighted by Gasteiger charge is 2.15. The number of ether oxygens (including phenoxy) is 1. The van der Waals surface area contributed by atoms with E-state index in [-0.39, 0.29) is 6.10 Å². The second-order valence-electron chi connectivity index (χ2n) is 5.97. The summed E-state index contributed by atoms with van der Waals surface area (Å²) in [6.07, 6.45) is 11.2. The molecule has 126 valence electrons. The predicted octanol–water partition coefficient (Wildman–Crippen LogP) is 3.50. The first kappa shape index (κ1) is 20.2. The minimum atomic E-state index is -0.548. The molecule has 4 N–H and O–H groups in total. The number of hydrazine groups is 1. The number of aliphatic hydroxyl groups excluding tert-OH is 1. The minimum Gasteiger partial charge on any atom is -0.449 e. The number of carbonyl (C=O) groups excluding carboxylic acids is 1. The van der Waals surface area contributed by atoms with Gasteiger partial charge in [0.25, 0.3) is 0 Å². The molecule has 0 bridgehead atoms. The maximum atomic E-state index is 10.5. The number of hydrogen-bond acceptors (Lipinski definition) is 4. The van der Waals surface area contributed by atoms with Gasteiger partial charge in [-0.25, -0.2) is 10.6 Å². The maximum absolute atomic E-state index is 10.5. The Morgan fingerprint density at radius 2 is 1.90 bits per heavy atom. The van der Waals surface area contributed by atoms with Gasteiger partial charge >= 0.3 is 6.09 Å². The lowest BCUT2D eigenvalue weighted by Crippen LogP contribution is -2.30. The zero-order chi connectivity index (χ0) is 15.9. The number of rotatable bonds is 7. The standard InChI is InChI=1S/C9H20N2O2.C7H14O/c1-2-3-4-5-6-7-8-13-9(12)11-10;1-6-3-2-4-7(8)5-6/h2-8,10H2,1H3,(H,11,12);6-8H,2-5H2,1H3. The first-order valence-electron chi connectivity index (χ1n) is 8.41. The molecule has 0 radical (unpaired) electrons. The summed E-state index contributed by atoms with van der Waals surface area (Å²) >= 11 is 0. The summed E-state index contributed by atoms with van der Waals surface area (Å²) in [5.74, 6) is 5.59. The number of unbranched alkanes of at least 4 members (excludes halogenated alkanes) is 5. The summed E-state index contributed by atoms with van der Waals surface area (Å²) in [6.45, 7) is 4.87. The lowest BCUT2D eigenvalue weighted by Gasteiger charge is -2.21. The zero-order valence-corrected chi connectivity index (χ0v) is 13.8. The van der Waals surface area contributed by atoms with Crippen LogP contribution in [0.3, 0.4) is 0 Å². The minimum absolute atomic E-state index is 0.0127. The number of amides is 1. The molecule has 0 aromatic heterocycles. The zero-order valence-electron chi connectivity index (χ0n) is 13.8. The van der Waals surface area contributed by atoms with Crippen molar-refractivity contribution in [3.05, 3.63) is 0 Å². The molecule has 1 amide bonds. The molecular weight excluding hydrogens is 268 g/mol. The van der Waals surface area contributed by atoms with E-state index in [9.17, 15) is 4.79 Å². The van der Waals surface area contributed by atoms with E-state index in [1.807, 2.05) is 5.43 Å². The fraction of sp³-hybridized carbons (Fsp3) is 0.938. The van der Waals surface area contributed by atoms with E-state index in [1.165, 1.54) is 38.5 Å². The van der Waals surface area contributed by atoms with E-state index in [2.05, 4.69) is 13.8 Å². The lowest BCUT2D eigenvalue weighted by molar-refractivity contribution is 0.106. The molecule has 1 rings (SSSR count). The van der Waals surface area contributed by atoms with E-state index >= 15 is 0 Å². The highest BCUT2D eigenvalue weighted by Crippen LogP contribution is 2.22. The molecule has 1 aliphatic carbocycles. The fourth-order valence-corrected chi connectivity index (χ4v) is 2.49. The molecule has 0 aromatic carbocycles. The van der Waals surface area contributed by atoms with E-state index < -0.39 is 6.09 Å². The summed E-state index contributed by atoms with van der Waals surface area (Å²) in [4.78, 5) is 10.5. The van der Waals surface area contributed by atoms with Crippen molar-refractivity contribution in [3.8, 4) is 0 Å². The summed E-state index contributed by atoms with van der Waals surface area (Å²) in [6, 6.07) is 0. The summed E-state index contributed by atoms with van der Waals surface area (Å²) in [5.41, 5.74) is 1.92. The van der Waals surface area contributed by atoms with Crippen molar-refractivity contribution in [1.82, 2.24) is 5.43 Å². The van der Waals surface area contributed by atoms with Crippen LogP contribution in [0, 0.1) is 5.92 Å². The maximum Gasteiger partial charge on any atom is 0.421 e. The van der Waals surface area contributed by atoms with Gasteiger partial charge in [-0.05, 0) is 25.2 Å². The van der Waals surface area contributed by atoms with Gasteiger partial charge in [-0.1, -0.05) is 58.8 Å². The van der Waals surface area contributed by atoms with E-state index in [1.54, 1.807) is 0 Å². The Morgan fingerprint density at radius 3 is 2.43 bits per heavy atom. The fourth-order valence-electron chi connectivity index (χ4n) is 2.49. The number of nitrogens with one attached hydrogen (secondary N) is 1. The van der Waals surface area contributed by atoms with Crippen LogP contribution in [-0.2, 0) is 4.74 Å². The van der Waals surface area contributed by atoms with Crippen molar-refractivity contribution in [2.75, 3.05) is 6.61 Å². The second kappa shape index (κ2) is 14.1. The predicted molar refractivity (Wildman–Crippen MR) is 85.7 cm³/mol. The summed E-state index contributed by atoms with van der Waals surface area (Å²) in [7, 11) is 0. The van der Waals surface area contributed by atoms with Gasteiger partial charge in [0.15, 0.2) is 0 Å². The number of nitrogens with two attached hydrogens (primary N) is 1. The van der Waals surface area contributed by atoms with Crippen LogP contribution in [0.5, 0.6) is 0 Å². The molecular formula is C16H34N2O3. The van der Waals surface area contributed by atoms with Crippen molar-refractivity contribution in [3.63, 3.8) is 0 Å². The van der Waals surface area contributed by atoms with Crippen molar-refractivity contribution in [2.45, 2.75) is 84.2 Å². The molecule has 0 spiro atoms. The molecule has 1 fully saturated rings. The molecule has 0 aromatic rings. The highest BCUT2D eigenvalue weighted by molar-refractivity contribution is 5.66. The van der Waals surface area contributed by atoms with Crippen LogP contribution in [0.15, 0.2) is 0 Å². The Labute approximate surface area is 129 Å². The van der Waals surface area contributed by atoms with Crippen LogP contribution in [0.4, 0.5) is 4.79 Å². The summed E-state index contributed by atoms with van der Waals surface area (Å²) < 4.78 is 4.72.